The van der Waals surface area contributed by atoms with Gasteiger partial charge in [-0.1, -0.05) is 51.1 Å². The summed E-state index contributed by atoms with van der Waals surface area (Å²) in [5, 5.41) is 1.93. The average Bonchev–Trinajstić information content (AvgIpc) is 2.89. The number of carbonyl (C=O) groups excluding carboxylic acids is 3. The van der Waals surface area contributed by atoms with Crippen LogP contribution in [-0.2, 0) is 14.4 Å². The molecule has 2 unspecified atom stereocenters. The zero-order valence-corrected chi connectivity index (χ0v) is 16.5. The lowest BCUT2D eigenvalue weighted by molar-refractivity contribution is -0.157. The predicted octanol–water partition coefficient (Wildman–Crippen LogP) is 4.47. The zero-order chi connectivity index (χ0) is 18.9. The molecule has 0 aromatic heterocycles. The Morgan fingerprint density at radius 3 is 2.35 bits per heavy atom. The van der Waals surface area contributed by atoms with Crippen LogP contribution in [0.5, 0.6) is 5.75 Å². The highest BCUT2D eigenvalue weighted by Crippen LogP contribution is 2.69. The Hall–Kier alpha value is -2.01. The van der Waals surface area contributed by atoms with E-state index in [0.29, 0.717) is 23.1 Å². The maximum absolute atomic E-state index is 13.2. The number of carbonyl (C=O) groups is 3. The van der Waals surface area contributed by atoms with E-state index in [1.165, 1.54) is 0 Å². The van der Waals surface area contributed by atoms with Crippen LogP contribution in [0.3, 0.4) is 0 Å². The van der Waals surface area contributed by atoms with Crippen molar-refractivity contribution in [3.63, 3.8) is 0 Å². The Morgan fingerprint density at radius 1 is 1.00 bits per heavy atom. The minimum absolute atomic E-state index is 0.352. The van der Waals surface area contributed by atoms with Crippen molar-refractivity contribution in [2.75, 3.05) is 0 Å². The van der Waals surface area contributed by atoms with Crippen molar-refractivity contribution in [1.82, 2.24) is 0 Å². The van der Waals surface area contributed by atoms with Gasteiger partial charge in [-0.2, -0.15) is 0 Å². The number of fused-ring (bicyclic) bond motifs is 3. The third-order valence-corrected chi connectivity index (χ3v) is 7.74. The number of ether oxygens (including phenoxy) is 1. The summed E-state index contributed by atoms with van der Waals surface area (Å²) < 4.78 is 6.36. The van der Waals surface area contributed by atoms with Gasteiger partial charge in [0.1, 0.15) is 11.2 Å². The number of benzene rings is 2. The van der Waals surface area contributed by atoms with Gasteiger partial charge in [0.25, 0.3) is 0 Å². The molecule has 2 aliphatic rings. The lowest BCUT2D eigenvalue weighted by Gasteiger charge is -2.36. The highest BCUT2D eigenvalue weighted by molar-refractivity contribution is 9.10. The summed E-state index contributed by atoms with van der Waals surface area (Å²) in [5.41, 5.74) is -2.97. The topological polar surface area (TPSA) is 60.4 Å². The van der Waals surface area contributed by atoms with E-state index in [4.69, 9.17) is 4.74 Å². The minimum atomic E-state index is -1.40. The molecule has 4 rings (SSSR count). The van der Waals surface area contributed by atoms with Gasteiger partial charge in [0.05, 0.1) is 4.47 Å². The highest BCUT2D eigenvalue weighted by Gasteiger charge is 2.78. The predicted molar refractivity (Wildman–Crippen MR) is 101 cm³/mol. The van der Waals surface area contributed by atoms with Crippen LogP contribution in [0.2, 0.25) is 0 Å². The van der Waals surface area contributed by atoms with Crippen molar-refractivity contribution >= 4 is 44.2 Å². The Morgan fingerprint density at radius 2 is 1.69 bits per heavy atom. The number of esters is 1. The number of rotatable bonds is 2. The Kier molecular flexibility index (Phi) is 3.52. The van der Waals surface area contributed by atoms with Crippen LogP contribution in [0.4, 0.5) is 0 Å². The lowest BCUT2D eigenvalue weighted by atomic mass is 9.65. The van der Waals surface area contributed by atoms with Crippen LogP contribution < -0.4 is 4.74 Å². The summed E-state index contributed by atoms with van der Waals surface area (Å²) >= 11 is 3.51. The zero-order valence-electron chi connectivity index (χ0n) is 14.9. The molecule has 0 spiro atoms. The van der Waals surface area contributed by atoms with E-state index in [2.05, 4.69) is 15.9 Å². The van der Waals surface area contributed by atoms with Crippen molar-refractivity contribution in [2.45, 2.75) is 33.6 Å². The summed E-state index contributed by atoms with van der Waals surface area (Å²) in [6.07, 6.45) is 0.879. The summed E-state index contributed by atoms with van der Waals surface area (Å²) in [7, 11) is 0. The van der Waals surface area contributed by atoms with Gasteiger partial charge in [-0.3, -0.25) is 14.4 Å². The third kappa shape index (κ3) is 1.82. The maximum atomic E-state index is 13.2. The fraction of sp³-hybridized carbons (Fsp3) is 0.381. The molecule has 0 heterocycles. The first kappa shape index (κ1) is 17.4. The van der Waals surface area contributed by atoms with Gasteiger partial charge < -0.3 is 4.74 Å². The molecule has 2 bridgehead atoms. The molecular weight excluding hydrogens is 396 g/mol. The van der Waals surface area contributed by atoms with Gasteiger partial charge in [0, 0.05) is 10.8 Å². The Balaban J connectivity index is 1.77. The fourth-order valence-electron chi connectivity index (χ4n) is 4.70. The molecule has 26 heavy (non-hydrogen) atoms. The van der Waals surface area contributed by atoms with E-state index in [0.717, 1.165) is 10.8 Å². The molecule has 5 heteroatoms. The molecule has 2 atom stereocenters. The first-order chi connectivity index (χ1) is 12.2. The molecule has 2 fully saturated rings. The van der Waals surface area contributed by atoms with E-state index in [9.17, 15) is 14.4 Å². The van der Waals surface area contributed by atoms with Crippen LogP contribution in [0.25, 0.3) is 10.8 Å². The molecule has 0 saturated heterocycles. The van der Waals surface area contributed by atoms with Crippen molar-refractivity contribution < 1.29 is 19.1 Å². The molecule has 134 valence electrons. The Bertz CT molecular complexity index is 993. The van der Waals surface area contributed by atoms with E-state index < -0.39 is 33.8 Å². The average molecular weight is 415 g/mol. The fourth-order valence-corrected chi connectivity index (χ4v) is 5.28. The second-order valence-corrected chi connectivity index (χ2v) is 8.80. The normalized spacial score (nSPS) is 29.4. The summed E-state index contributed by atoms with van der Waals surface area (Å²) in [6, 6.07) is 11.3. The van der Waals surface area contributed by atoms with Gasteiger partial charge >= 0.3 is 5.97 Å². The number of hydrogen-bond acceptors (Lipinski definition) is 4. The summed E-state index contributed by atoms with van der Waals surface area (Å²) in [4.78, 5) is 38.5. The molecule has 2 aromatic rings. The monoisotopic (exact) mass is 414 g/mol. The minimum Gasteiger partial charge on any atom is -0.425 e. The molecule has 0 aliphatic heterocycles. The summed E-state index contributed by atoms with van der Waals surface area (Å²) in [5.74, 6) is -1.31. The SMILES string of the molecule is CC12CCC(C(=O)Oc3ccc4ccccc4c3Br)(C(=O)C1=O)C2(C)C. The quantitative estimate of drug-likeness (QED) is 0.314. The number of ketones is 2. The lowest BCUT2D eigenvalue weighted by Crippen LogP contribution is -2.47. The Labute approximate surface area is 160 Å². The molecule has 0 amide bonds. The maximum Gasteiger partial charge on any atom is 0.326 e. The summed E-state index contributed by atoms with van der Waals surface area (Å²) in [6.45, 7) is 5.46. The van der Waals surface area contributed by atoms with Crippen LogP contribution in [0.1, 0.15) is 33.6 Å². The third-order valence-electron chi connectivity index (χ3n) is 6.92. The van der Waals surface area contributed by atoms with Crippen LogP contribution in [0, 0.1) is 16.2 Å². The second-order valence-electron chi connectivity index (χ2n) is 8.01. The number of halogens is 1. The molecule has 2 aromatic carbocycles. The number of hydrogen-bond donors (Lipinski definition) is 0. The first-order valence-corrected chi connectivity index (χ1v) is 9.45. The molecular formula is C21H19BrO4. The van der Waals surface area contributed by atoms with Gasteiger partial charge in [-0.05, 0) is 45.6 Å². The van der Waals surface area contributed by atoms with Gasteiger partial charge in [-0.15, -0.1) is 0 Å². The molecule has 4 nitrogen and oxygen atoms in total. The molecule has 0 N–H and O–H groups in total. The van der Waals surface area contributed by atoms with Crippen molar-refractivity contribution in [3.8, 4) is 5.75 Å². The first-order valence-electron chi connectivity index (χ1n) is 8.65. The van der Waals surface area contributed by atoms with Crippen LogP contribution in [-0.4, -0.2) is 17.5 Å². The molecule has 2 saturated carbocycles. The number of Topliss-reactive ketones (excluding diaryl/α,β-unsaturated/α-hetero) is 2. The van der Waals surface area contributed by atoms with Gasteiger partial charge in [0.15, 0.2) is 0 Å². The van der Waals surface area contributed by atoms with Crippen molar-refractivity contribution in [3.05, 3.63) is 40.9 Å². The van der Waals surface area contributed by atoms with E-state index >= 15 is 0 Å². The smallest absolute Gasteiger partial charge is 0.326 e. The van der Waals surface area contributed by atoms with E-state index in [1.807, 2.05) is 44.2 Å². The van der Waals surface area contributed by atoms with Crippen molar-refractivity contribution in [2.24, 2.45) is 16.2 Å². The van der Waals surface area contributed by atoms with E-state index in [-0.39, 0.29) is 0 Å². The van der Waals surface area contributed by atoms with Gasteiger partial charge in [-0.25, -0.2) is 0 Å². The van der Waals surface area contributed by atoms with Crippen molar-refractivity contribution in [1.29, 1.82) is 0 Å². The van der Waals surface area contributed by atoms with Crippen LogP contribution in [0.15, 0.2) is 40.9 Å². The largest absolute Gasteiger partial charge is 0.425 e. The van der Waals surface area contributed by atoms with E-state index in [1.54, 1.807) is 13.0 Å². The molecule has 0 radical (unpaired) electrons. The second kappa shape index (κ2) is 5.26. The highest BCUT2D eigenvalue weighted by atomic mass is 79.9. The van der Waals surface area contributed by atoms with Crippen LogP contribution >= 0.6 is 15.9 Å². The standard InChI is InChI=1S/C21H19BrO4/c1-19(2)20(3)10-11-21(19,17(24)16(20)23)18(25)26-14-9-8-12-6-4-5-7-13(12)15(14)22/h4-9H,10-11H2,1-3H3. The van der Waals surface area contributed by atoms with Gasteiger partial charge in [0.2, 0.25) is 11.6 Å². The molecule has 2 aliphatic carbocycles.